The Labute approximate surface area is 131 Å². The van der Waals surface area contributed by atoms with Gasteiger partial charge in [0, 0.05) is 44.8 Å². The van der Waals surface area contributed by atoms with Crippen molar-refractivity contribution in [1.29, 1.82) is 0 Å². The van der Waals surface area contributed by atoms with Crippen LogP contribution >= 0.6 is 0 Å². The quantitative estimate of drug-likeness (QED) is 0.886. The van der Waals surface area contributed by atoms with Gasteiger partial charge < -0.3 is 10.8 Å². The van der Waals surface area contributed by atoms with Crippen LogP contribution in [0.15, 0.2) is 42.7 Å². The lowest BCUT2D eigenvalue weighted by Crippen LogP contribution is -2.38. The van der Waals surface area contributed by atoms with E-state index in [0.717, 1.165) is 18.7 Å². The number of nitrogens with two attached hydrogens (primary N) is 1. The zero-order valence-electron chi connectivity index (χ0n) is 13.2. The molecule has 3 atom stereocenters. The lowest BCUT2D eigenvalue weighted by atomic mass is 9.95. The number of aryl methyl sites for hydroxylation is 1. The van der Waals surface area contributed by atoms with E-state index in [1.807, 2.05) is 61.4 Å². The third-order valence-corrected chi connectivity index (χ3v) is 4.52. The number of nitrogens with zero attached hydrogens (tertiary/aromatic N) is 3. The number of likely N-dealkylation sites (tertiary alicyclic amines) is 1. The summed E-state index contributed by atoms with van der Waals surface area (Å²) in [6, 6.07) is 9.89. The van der Waals surface area contributed by atoms with Crippen LogP contribution in [0.4, 0.5) is 0 Å². The average molecular weight is 300 g/mol. The maximum Gasteiger partial charge on any atom is 0.0994 e. The zero-order chi connectivity index (χ0) is 15.7. The number of benzene rings is 1. The van der Waals surface area contributed by atoms with Crippen LogP contribution in [0.5, 0.6) is 0 Å². The van der Waals surface area contributed by atoms with Gasteiger partial charge >= 0.3 is 0 Å². The number of aromatic nitrogens is 2. The molecular weight excluding hydrogens is 276 g/mol. The summed E-state index contributed by atoms with van der Waals surface area (Å²) in [4.78, 5) is 2.25. The molecule has 1 aromatic heterocycles. The standard InChI is InChI=1S/C17H24N4O/c1-17(22,14-6-4-3-5-7-14)12-21-10-15(16(18)11-21)13-8-19-20(2)9-13/h3-9,15-16,22H,10-12,18H2,1-2H3/t15-,16+,17?/m0/s1. The maximum atomic E-state index is 10.8. The second-order valence-electron chi connectivity index (χ2n) is 6.55. The molecule has 0 saturated carbocycles. The fourth-order valence-electron chi connectivity index (χ4n) is 3.35. The molecule has 1 aliphatic heterocycles. The van der Waals surface area contributed by atoms with E-state index >= 15 is 0 Å². The highest BCUT2D eigenvalue weighted by Gasteiger charge is 2.36. The summed E-state index contributed by atoms with van der Waals surface area (Å²) in [5.74, 6) is 0.278. The van der Waals surface area contributed by atoms with Crippen molar-refractivity contribution in [1.82, 2.24) is 14.7 Å². The summed E-state index contributed by atoms with van der Waals surface area (Å²) in [6.07, 6.45) is 3.92. The van der Waals surface area contributed by atoms with Gasteiger partial charge in [0.1, 0.15) is 0 Å². The maximum absolute atomic E-state index is 10.8. The Morgan fingerprint density at radius 2 is 2.05 bits per heavy atom. The Morgan fingerprint density at radius 3 is 2.68 bits per heavy atom. The Balaban J connectivity index is 1.70. The number of β-amino-alcohol motifs (C(OH)–C–C–N with tert-alkyl or cyclic N) is 1. The lowest BCUT2D eigenvalue weighted by Gasteiger charge is -2.29. The molecule has 3 N–H and O–H groups in total. The van der Waals surface area contributed by atoms with Crippen LogP contribution in [-0.2, 0) is 12.6 Å². The predicted octanol–water partition coefficient (Wildman–Crippen LogP) is 1.05. The Kier molecular flexibility index (Phi) is 4.04. The monoisotopic (exact) mass is 300 g/mol. The topological polar surface area (TPSA) is 67.3 Å². The first-order valence-corrected chi connectivity index (χ1v) is 7.70. The van der Waals surface area contributed by atoms with E-state index < -0.39 is 5.60 Å². The molecule has 5 nitrogen and oxygen atoms in total. The molecule has 1 fully saturated rings. The second-order valence-corrected chi connectivity index (χ2v) is 6.55. The minimum atomic E-state index is -0.870. The van der Waals surface area contributed by atoms with Gasteiger partial charge in [-0.25, -0.2) is 0 Å². The summed E-state index contributed by atoms with van der Waals surface area (Å²) >= 11 is 0. The summed E-state index contributed by atoms with van der Waals surface area (Å²) < 4.78 is 1.81. The summed E-state index contributed by atoms with van der Waals surface area (Å²) in [5, 5.41) is 15.0. The molecule has 22 heavy (non-hydrogen) atoms. The predicted molar refractivity (Wildman–Crippen MR) is 86.4 cm³/mol. The molecule has 0 aliphatic carbocycles. The molecule has 3 rings (SSSR count). The highest BCUT2D eigenvalue weighted by molar-refractivity contribution is 5.23. The molecule has 0 spiro atoms. The van der Waals surface area contributed by atoms with Crippen molar-refractivity contribution in [3.63, 3.8) is 0 Å². The van der Waals surface area contributed by atoms with E-state index in [2.05, 4.69) is 10.00 Å². The fraction of sp³-hybridized carbons (Fsp3) is 0.471. The van der Waals surface area contributed by atoms with Crippen LogP contribution in [0.2, 0.25) is 0 Å². The van der Waals surface area contributed by atoms with Crippen molar-refractivity contribution in [2.24, 2.45) is 12.8 Å². The average Bonchev–Trinajstić information content (AvgIpc) is 3.05. The Morgan fingerprint density at radius 1 is 1.32 bits per heavy atom. The van der Waals surface area contributed by atoms with Gasteiger partial charge in [-0.05, 0) is 18.1 Å². The summed E-state index contributed by atoms with van der Waals surface area (Å²) in [5.41, 5.74) is 7.55. The van der Waals surface area contributed by atoms with E-state index in [0.29, 0.717) is 6.54 Å². The largest absolute Gasteiger partial charge is 0.384 e. The number of hydrogen-bond donors (Lipinski definition) is 2. The van der Waals surface area contributed by atoms with Crippen LogP contribution in [-0.4, -0.2) is 45.5 Å². The van der Waals surface area contributed by atoms with Gasteiger partial charge in [-0.1, -0.05) is 30.3 Å². The molecule has 5 heteroatoms. The first-order valence-electron chi connectivity index (χ1n) is 7.70. The fourth-order valence-corrected chi connectivity index (χ4v) is 3.35. The summed E-state index contributed by atoms with van der Waals surface area (Å²) in [6.45, 7) is 4.10. The van der Waals surface area contributed by atoms with E-state index in [1.165, 1.54) is 5.56 Å². The van der Waals surface area contributed by atoms with E-state index in [1.54, 1.807) is 0 Å². The van der Waals surface area contributed by atoms with Gasteiger partial charge in [-0.3, -0.25) is 9.58 Å². The molecule has 118 valence electrons. The van der Waals surface area contributed by atoms with Crippen LogP contribution < -0.4 is 5.73 Å². The third-order valence-electron chi connectivity index (χ3n) is 4.52. The SMILES string of the molecule is Cn1cc([C@@H]2CN(CC(C)(O)c3ccccc3)C[C@H]2N)cn1. The van der Waals surface area contributed by atoms with Crippen molar-refractivity contribution in [2.45, 2.75) is 24.5 Å². The van der Waals surface area contributed by atoms with Crippen molar-refractivity contribution in [2.75, 3.05) is 19.6 Å². The molecule has 2 aromatic rings. The minimum absolute atomic E-state index is 0.0794. The number of aliphatic hydroxyl groups is 1. The molecule has 1 unspecified atom stereocenters. The molecule has 0 bridgehead atoms. The van der Waals surface area contributed by atoms with Crippen molar-refractivity contribution < 1.29 is 5.11 Å². The van der Waals surface area contributed by atoms with Gasteiger partial charge in [0.15, 0.2) is 0 Å². The van der Waals surface area contributed by atoms with Crippen LogP contribution in [0.3, 0.4) is 0 Å². The van der Waals surface area contributed by atoms with Crippen LogP contribution in [0, 0.1) is 0 Å². The molecular formula is C17H24N4O. The Bertz CT molecular complexity index is 623. The molecule has 1 saturated heterocycles. The van der Waals surface area contributed by atoms with Gasteiger partial charge in [0.2, 0.25) is 0 Å². The smallest absolute Gasteiger partial charge is 0.0994 e. The minimum Gasteiger partial charge on any atom is -0.384 e. The van der Waals surface area contributed by atoms with Gasteiger partial charge in [-0.15, -0.1) is 0 Å². The zero-order valence-corrected chi connectivity index (χ0v) is 13.2. The molecule has 1 aliphatic rings. The van der Waals surface area contributed by atoms with E-state index in [9.17, 15) is 5.11 Å². The Hall–Kier alpha value is -1.69. The second kappa shape index (κ2) is 5.83. The van der Waals surface area contributed by atoms with Crippen molar-refractivity contribution in [3.8, 4) is 0 Å². The first kappa shape index (κ1) is 15.2. The number of hydrogen-bond acceptors (Lipinski definition) is 4. The van der Waals surface area contributed by atoms with Crippen LogP contribution in [0.25, 0.3) is 0 Å². The highest BCUT2D eigenvalue weighted by atomic mass is 16.3. The normalized spacial score (nSPS) is 25.3. The van der Waals surface area contributed by atoms with Gasteiger partial charge in [0.25, 0.3) is 0 Å². The summed E-state index contributed by atoms with van der Waals surface area (Å²) in [7, 11) is 1.92. The molecule has 0 radical (unpaired) electrons. The number of rotatable bonds is 4. The molecule has 2 heterocycles. The van der Waals surface area contributed by atoms with Crippen LogP contribution in [0.1, 0.15) is 24.0 Å². The third kappa shape index (κ3) is 3.06. The van der Waals surface area contributed by atoms with Gasteiger partial charge in [-0.2, -0.15) is 5.10 Å². The van der Waals surface area contributed by atoms with E-state index in [-0.39, 0.29) is 12.0 Å². The van der Waals surface area contributed by atoms with Crippen molar-refractivity contribution in [3.05, 3.63) is 53.9 Å². The highest BCUT2D eigenvalue weighted by Crippen LogP contribution is 2.29. The molecule has 1 aromatic carbocycles. The van der Waals surface area contributed by atoms with Gasteiger partial charge in [0.05, 0.1) is 11.8 Å². The first-order chi connectivity index (χ1) is 10.5. The van der Waals surface area contributed by atoms with E-state index in [4.69, 9.17) is 5.73 Å². The molecule has 0 amide bonds. The lowest BCUT2D eigenvalue weighted by molar-refractivity contribution is 0.0221. The van der Waals surface area contributed by atoms with Crippen molar-refractivity contribution >= 4 is 0 Å².